The molecule has 0 radical (unpaired) electrons. The number of hydrogen-bond donors (Lipinski definition) is 1. The van der Waals surface area contributed by atoms with Crippen LogP contribution < -0.4 is 10.2 Å². The maximum Gasteiger partial charge on any atom is 0.307 e. The number of furan rings is 1. The van der Waals surface area contributed by atoms with Crippen LogP contribution >= 0.6 is 58.0 Å². The van der Waals surface area contributed by atoms with Gasteiger partial charge in [-0.2, -0.15) is 5.10 Å². The summed E-state index contributed by atoms with van der Waals surface area (Å²) >= 11 is 30.5. The number of carbonyl (C=O) groups is 1. The van der Waals surface area contributed by atoms with E-state index in [1.165, 1.54) is 6.21 Å². The Labute approximate surface area is 213 Å². The number of ether oxygens (including phenoxy) is 1. The van der Waals surface area contributed by atoms with E-state index in [-0.39, 0.29) is 22.4 Å². The Morgan fingerprint density at radius 2 is 1.67 bits per heavy atom. The maximum atomic E-state index is 12.3. The molecule has 0 saturated carbocycles. The molecule has 0 fully saturated rings. The van der Waals surface area contributed by atoms with E-state index in [0.717, 1.165) is 5.56 Å². The minimum atomic E-state index is -0.516. The predicted octanol–water partition coefficient (Wildman–Crippen LogP) is 8.04. The second kappa shape index (κ2) is 10.2. The van der Waals surface area contributed by atoms with Gasteiger partial charge in [-0.1, -0.05) is 64.1 Å². The molecule has 0 aliphatic rings. The molecule has 10 heteroatoms. The van der Waals surface area contributed by atoms with E-state index < -0.39 is 5.91 Å². The van der Waals surface area contributed by atoms with E-state index in [1.807, 2.05) is 0 Å². The van der Waals surface area contributed by atoms with Gasteiger partial charge in [-0.25, -0.2) is 5.43 Å². The average Bonchev–Trinajstić information content (AvgIpc) is 3.19. The minimum Gasteiger partial charge on any atom is -0.486 e. The highest BCUT2D eigenvalue weighted by molar-refractivity contribution is 6.42. The summed E-state index contributed by atoms with van der Waals surface area (Å²) in [6.45, 7) is 0.197. The molecule has 0 spiro atoms. The van der Waals surface area contributed by atoms with Gasteiger partial charge in [0, 0.05) is 10.4 Å². The molecule has 0 bridgehead atoms. The summed E-state index contributed by atoms with van der Waals surface area (Å²) in [6.07, 6.45) is 1.40. The fourth-order valence-corrected chi connectivity index (χ4v) is 4.04. The third kappa shape index (κ3) is 5.75. The van der Waals surface area contributed by atoms with Crippen LogP contribution in [0.3, 0.4) is 0 Å². The van der Waals surface area contributed by atoms with Gasteiger partial charge in [-0.15, -0.1) is 0 Å². The van der Waals surface area contributed by atoms with Crippen molar-refractivity contribution in [2.45, 2.75) is 6.61 Å². The number of hydrazone groups is 1. The van der Waals surface area contributed by atoms with E-state index in [9.17, 15) is 4.79 Å². The Bertz CT molecular complexity index is 1360. The molecule has 168 valence electrons. The van der Waals surface area contributed by atoms with Crippen molar-refractivity contribution in [3.05, 3.63) is 96.6 Å². The first-order valence-electron chi connectivity index (χ1n) is 9.38. The predicted molar refractivity (Wildman–Crippen MR) is 134 cm³/mol. The maximum absolute atomic E-state index is 12.3. The molecular formula is C23H13Cl5N2O3. The normalized spacial score (nSPS) is 11.3. The van der Waals surface area contributed by atoms with Crippen molar-refractivity contribution in [2.24, 2.45) is 5.10 Å². The molecule has 0 aliphatic heterocycles. The van der Waals surface area contributed by atoms with Crippen molar-refractivity contribution in [3.63, 3.8) is 0 Å². The lowest BCUT2D eigenvalue weighted by molar-refractivity contribution is 0.0929. The summed E-state index contributed by atoms with van der Waals surface area (Å²) in [6, 6.07) is 15.0. The number of benzene rings is 3. The fraction of sp³-hybridized carbons (Fsp3) is 0.0435. The summed E-state index contributed by atoms with van der Waals surface area (Å²) in [5, 5.41) is 6.64. The largest absolute Gasteiger partial charge is 0.486 e. The molecule has 3 aromatic carbocycles. The lowest BCUT2D eigenvalue weighted by atomic mass is 10.2. The van der Waals surface area contributed by atoms with Gasteiger partial charge in [0.25, 0.3) is 0 Å². The van der Waals surface area contributed by atoms with E-state index >= 15 is 0 Å². The highest BCUT2D eigenvalue weighted by atomic mass is 35.5. The Morgan fingerprint density at radius 3 is 2.39 bits per heavy atom. The zero-order chi connectivity index (χ0) is 23.5. The van der Waals surface area contributed by atoms with Gasteiger partial charge in [0.2, 0.25) is 0 Å². The van der Waals surface area contributed by atoms with Gasteiger partial charge < -0.3 is 9.15 Å². The van der Waals surface area contributed by atoms with Gasteiger partial charge in [0.05, 0.1) is 26.3 Å². The number of nitrogens with zero attached hydrogens (tertiary/aromatic N) is 1. The molecule has 0 saturated heterocycles. The van der Waals surface area contributed by atoms with Crippen LogP contribution in [0.5, 0.6) is 5.75 Å². The van der Waals surface area contributed by atoms with Crippen LogP contribution in [0.15, 0.2) is 64.1 Å². The first kappa shape index (κ1) is 23.7. The third-order valence-electron chi connectivity index (χ3n) is 4.47. The molecule has 1 amide bonds. The molecule has 0 unspecified atom stereocenters. The monoisotopic (exact) mass is 540 g/mol. The first-order chi connectivity index (χ1) is 15.8. The molecule has 0 aliphatic carbocycles. The molecule has 1 N–H and O–H groups in total. The summed E-state index contributed by atoms with van der Waals surface area (Å²) in [5.41, 5.74) is 4.30. The van der Waals surface area contributed by atoms with Crippen LogP contribution in [0.25, 0.3) is 11.0 Å². The second-order valence-electron chi connectivity index (χ2n) is 6.84. The average molecular weight is 543 g/mol. The van der Waals surface area contributed by atoms with Crippen LogP contribution in [0, 0.1) is 0 Å². The first-order valence-corrected chi connectivity index (χ1v) is 11.3. The quantitative estimate of drug-likeness (QED) is 0.198. The second-order valence-corrected chi connectivity index (χ2v) is 8.91. The fourth-order valence-electron chi connectivity index (χ4n) is 2.92. The number of fused-ring (bicyclic) bond motifs is 1. The topological polar surface area (TPSA) is 63.8 Å². The van der Waals surface area contributed by atoms with Crippen molar-refractivity contribution in [2.75, 3.05) is 0 Å². The number of amides is 1. The van der Waals surface area contributed by atoms with Crippen LogP contribution in [0.4, 0.5) is 0 Å². The number of nitrogens with one attached hydrogen (secondary N) is 1. The molecular weight excluding hydrogens is 530 g/mol. The Balaban J connectivity index is 1.41. The van der Waals surface area contributed by atoms with Crippen LogP contribution in [-0.4, -0.2) is 12.1 Å². The number of rotatable bonds is 6. The summed E-state index contributed by atoms with van der Waals surface area (Å²) in [4.78, 5) is 12.3. The van der Waals surface area contributed by atoms with Crippen molar-refractivity contribution in [1.82, 2.24) is 5.43 Å². The summed E-state index contributed by atoms with van der Waals surface area (Å²) in [5.74, 6) is -0.101. The molecule has 1 aromatic heterocycles. The van der Waals surface area contributed by atoms with E-state index in [4.69, 9.17) is 67.2 Å². The minimum absolute atomic E-state index is 0.103. The zero-order valence-electron chi connectivity index (χ0n) is 16.5. The summed E-state index contributed by atoms with van der Waals surface area (Å²) in [7, 11) is 0. The van der Waals surface area contributed by atoms with Crippen molar-refractivity contribution < 1.29 is 13.9 Å². The van der Waals surface area contributed by atoms with E-state index in [0.29, 0.717) is 37.4 Å². The molecule has 5 nitrogen and oxygen atoms in total. The van der Waals surface area contributed by atoms with E-state index in [2.05, 4.69) is 10.5 Å². The standard InChI is InChI=1S/C23H13Cl5N2O3/c24-15-2-4-20-14(8-15)9-21(33-20)23(31)30-29-10-13-6-18(27)22(19(28)7-13)32-11-12-1-3-16(25)17(26)5-12/h1-10H,11H2,(H,30,31)/b29-10+. The highest BCUT2D eigenvalue weighted by Crippen LogP contribution is 2.35. The molecule has 4 aromatic rings. The van der Waals surface area contributed by atoms with Gasteiger partial charge in [-0.3, -0.25) is 4.79 Å². The van der Waals surface area contributed by atoms with Gasteiger partial charge in [0.1, 0.15) is 12.2 Å². The van der Waals surface area contributed by atoms with Gasteiger partial charge >= 0.3 is 5.91 Å². The summed E-state index contributed by atoms with van der Waals surface area (Å²) < 4.78 is 11.2. The van der Waals surface area contributed by atoms with Crippen molar-refractivity contribution in [3.8, 4) is 5.75 Å². The number of hydrogen-bond acceptors (Lipinski definition) is 4. The van der Waals surface area contributed by atoms with Crippen LogP contribution in [-0.2, 0) is 6.61 Å². The van der Waals surface area contributed by atoms with Crippen molar-refractivity contribution in [1.29, 1.82) is 0 Å². The van der Waals surface area contributed by atoms with Gasteiger partial charge in [0.15, 0.2) is 11.5 Å². The Hall–Kier alpha value is -2.41. The third-order valence-corrected chi connectivity index (χ3v) is 6.01. The van der Waals surface area contributed by atoms with Gasteiger partial charge in [-0.05, 0) is 59.7 Å². The smallest absolute Gasteiger partial charge is 0.307 e. The van der Waals surface area contributed by atoms with Crippen molar-refractivity contribution >= 4 is 81.1 Å². The lowest BCUT2D eigenvalue weighted by Gasteiger charge is -2.11. The number of halogens is 5. The van der Waals surface area contributed by atoms with Crippen LogP contribution in [0.2, 0.25) is 25.1 Å². The molecule has 33 heavy (non-hydrogen) atoms. The molecule has 4 rings (SSSR count). The van der Waals surface area contributed by atoms with Crippen LogP contribution in [0.1, 0.15) is 21.7 Å². The molecule has 1 heterocycles. The van der Waals surface area contributed by atoms with E-state index in [1.54, 1.807) is 54.6 Å². The SMILES string of the molecule is O=C(N/N=C/c1cc(Cl)c(OCc2ccc(Cl)c(Cl)c2)c(Cl)c1)c1cc2cc(Cl)ccc2o1. The Kier molecular flexibility index (Phi) is 7.37. The lowest BCUT2D eigenvalue weighted by Crippen LogP contribution is -2.16. The highest BCUT2D eigenvalue weighted by Gasteiger charge is 2.13. The Morgan fingerprint density at radius 1 is 0.909 bits per heavy atom. The number of carbonyl (C=O) groups excluding carboxylic acids is 1. The molecule has 0 atom stereocenters. The zero-order valence-corrected chi connectivity index (χ0v) is 20.3.